The molecule has 98 valence electrons. The van der Waals surface area contributed by atoms with Crippen molar-refractivity contribution in [1.82, 2.24) is 10.2 Å². The normalized spacial score (nSPS) is 22.4. The molecule has 1 saturated carbocycles. The van der Waals surface area contributed by atoms with Crippen LogP contribution in [-0.4, -0.2) is 36.1 Å². The molecule has 1 aliphatic carbocycles. The van der Waals surface area contributed by atoms with Gasteiger partial charge in [-0.05, 0) is 46.7 Å². The van der Waals surface area contributed by atoms with Gasteiger partial charge in [0.25, 0.3) is 0 Å². The van der Waals surface area contributed by atoms with Gasteiger partial charge >= 0.3 is 0 Å². The van der Waals surface area contributed by atoms with Crippen molar-refractivity contribution in [3.63, 3.8) is 0 Å². The summed E-state index contributed by atoms with van der Waals surface area (Å²) in [5, 5.41) is 12.6. The van der Waals surface area contributed by atoms with E-state index in [9.17, 15) is 5.26 Å². The second-order valence-electron chi connectivity index (χ2n) is 5.63. The van der Waals surface area contributed by atoms with E-state index < -0.39 is 0 Å². The minimum absolute atomic E-state index is 0.388. The lowest BCUT2D eigenvalue weighted by atomic mass is 9.94. The molecular weight excluding hydrogens is 210 g/mol. The van der Waals surface area contributed by atoms with Gasteiger partial charge < -0.3 is 4.90 Å². The third-order valence-electron chi connectivity index (χ3n) is 4.11. The number of nitrogens with zero attached hydrogens (tertiary/aromatic N) is 2. The van der Waals surface area contributed by atoms with E-state index in [0.717, 1.165) is 19.0 Å². The lowest BCUT2D eigenvalue weighted by Gasteiger charge is -2.35. The standard InChI is InChI=1S/C14H27N3/c1-5-16-14(3,11-15)10-12(2)17(4)13-8-6-7-9-13/h12-13,16H,5-10H2,1-4H3. The van der Waals surface area contributed by atoms with Gasteiger partial charge in [-0.1, -0.05) is 19.8 Å². The van der Waals surface area contributed by atoms with Crippen molar-refractivity contribution >= 4 is 0 Å². The summed E-state index contributed by atoms with van der Waals surface area (Å²) in [5.74, 6) is 0. The number of nitrogens with one attached hydrogen (secondary N) is 1. The minimum Gasteiger partial charge on any atom is -0.301 e. The van der Waals surface area contributed by atoms with E-state index in [2.05, 4.69) is 37.2 Å². The average Bonchev–Trinajstić information content (AvgIpc) is 2.81. The van der Waals surface area contributed by atoms with Crippen molar-refractivity contribution < 1.29 is 0 Å². The van der Waals surface area contributed by atoms with E-state index in [1.807, 2.05) is 6.92 Å². The van der Waals surface area contributed by atoms with E-state index in [4.69, 9.17) is 0 Å². The molecule has 1 rings (SSSR count). The van der Waals surface area contributed by atoms with Crippen LogP contribution in [0, 0.1) is 11.3 Å². The Kier molecular flexibility index (Phi) is 5.42. The van der Waals surface area contributed by atoms with Gasteiger partial charge in [0.05, 0.1) is 6.07 Å². The molecule has 3 heteroatoms. The monoisotopic (exact) mass is 237 g/mol. The molecule has 0 aromatic carbocycles. The summed E-state index contributed by atoms with van der Waals surface area (Å²) < 4.78 is 0. The predicted octanol–water partition coefficient (Wildman–Crippen LogP) is 2.53. The van der Waals surface area contributed by atoms with Crippen molar-refractivity contribution in [3.05, 3.63) is 0 Å². The highest BCUT2D eigenvalue weighted by atomic mass is 15.2. The lowest BCUT2D eigenvalue weighted by Crippen LogP contribution is -2.48. The maximum Gasteiger partial charge on any atom is 0.105 e. The second-order valence-corrected chi connectivity index (χ2v) is 5.63. The predicted molar refractivity (Wildman–Crippen MR) is 71.8 cm³/mol. The van der Waals surface area contributed by atoms with Crippen LogP contribution in [0.3, 0.4) is 0 Å². The van der Waals surface area contributed by atoms with E-state index >= 15 is 0 Å². The molecule has 0 radical (unpaired) electrons. The van der Waals surface area contributed by atoms with E-state index in [-0.39, 0.29) is 5.54 Å². The van der Waals surface area contributed by atoms with Gasteiger partial charge in [-0.2, -0.15) is 5.26 Å². The Labute approximate surface area is 106 Å². The number of hydrogen-bond donors (Lipinski definition) is 1. The van der Waals surface area contributed by atoms with Crippen LogP contribution in [0.25, 0.3) is 0 Å². The van der Waals surface area contributed by atoms with Crippen LogP contribution in [0.1, 0.15) is 52.9 Å². The van der Waals surface area contributed by atoms with E-state index in [1.54, 1.807) is 0 Å². The molecule has 0 spiro atoms. The van der Waals surface area contributed by atoms with Gasteiger partial charge in [0.15, 0.2) is 0 Å². The van der Waals surface area contributed by atoms with Crippen molar-refractivity contribution in [3.8, 4) is 6.07 Å². The zero-order chi connectivity index (χ0) is 12.9. The zero-order valence-electron chi connectivity index (χ0n) is 11.8. The molecule has 1 N–H and O–H groups in total. The highest BCUT2D eigenvalue weighted by molar-refractivity contribution is 5.05. The molecule has 0 saturated heterocycles. The molecule has 1 fully saturated rings. The molecule has 1 aliphatic rings. The van der Waals surface area contributed by atoms with Crippen LogP contribution >= 0.6 is 0 Å². The lowest BCUT2D eigenvalue weighted by molar-refractivity contribution is 0.159. The summed E-state index contributed by atoms with van der Waals surface area (Å²) in [6.07, 6.45) is 6.27. The average molecular weight is 237 g/mol. The Bertz CT molecular complexity index is 265. The number of rotatable bonds is 6. The first-order valence-corrected chi connectivity index (χ1v) is 6.90. The number of nitriles is 1. The molecule has 0 bridgehead atoms. The Balaban J connectivity index is 2.51. The van der Waals surface area contributed by atoms with E-state index in [0.29, 0.717) is 6.04 Å². The molecule has 0 aromatic heterocycles. The van der Waals surface area contributed by atoms with E-state index in [1.165, 1.54) is 25.7 Å². The summed E-state index contributed by atoms with van der Waals surface area (Å²) in [4.78, 5) is 2.47. The first-order valence-electron chi connectivity index (χ1n) is 6.90. The van der Waals surface area contributed by atoms with Crippen molar-refractivity contribution in [2.75, 3.05) is 13.6 Å². The van der Waals surface area contributed by atoms with Gasteiger partial charge in [-0.15, -0.1) is 0 Å². The maximum absolute atomic E-state index is 9.28. The molecule has 0 aromatic rings. The third-order valence-corrected chi connectivity index (χ3v) is 4.11. The summed E-state index contributed by atoms with van der Waals surface area (Å²) in [6, 6.07) is 3.61. The van der Waals surface area contributed by atoms with Crippen molar-refractivity contribution in [1.29, 1.82) is 5.26 Å². The first kappa shape index (κ1) is 14.5. The highest BCUT2D eigenvalue weighted by Gasteiger charge is 2.30. The SMILES string of the molecule is CCNC(C)(C#N)CC(C)N(C)C1CCCC1. The van der Waals surface area contributed by atoms with Crippen LogP contribution < -0.4 is 5.32 Å². The highest BCUT2D eigenvalue weighted by Crippen LogP contribution is 2.26. The molecule has 3 nitrogen and oxygen atoms in total. The summed E-state index contributed by atoms with van der Waals surface area (Å²) >= 11 is 0. The molecule has 0 aliphatic heterocycles. The van der Waals surface area contributed by atoms with Crippen LogP contribution in [0.5, 0.6) is 0 Å². The van der Waals surface area contributed by atoms with Gasteiger partial charge in [-0.3, -0.25) is 5.32 Å². The largest absolute Gasteiger partial charge is 0.301 e. The van der Waals surface area contributed by atoms with Gasteiger partial charge in [0.1, 0.15) is 5.54 Å². The van der Waals surface area contributed by atoms with Crippen LogP contribution in [0.2, 0.25) is 0 Å². The zero-order valence-corrected chi connectivity index (χ0v) is 11.8. The smallest absolute Gasteiger partial charge is 0.105 e. The fourth-order valence-corrected chi connectivity index (χ4v) is 2.95. The van der Waals surface area contributed by atoms with Crippen molar-refractivity contribution in [2.24, 2.45) is 0 Å². The summed E-state index contributed by atoms with van der Waals surface area (Å²) in [6.45, 7) is 7.16. The molecular formula is C14H27N3. The second kappa shape index (κ2) is 6.37. The quantitative estimate of drug-likeness (QED) is 0.771. The Morgan fingerprint density at radius 1 is 1.47 bits per heavy atom. The first-order chi connectivity index (χ1) is 8.02. The molecule has 0 amide bonds. The molecule has 17 heavy (non-hydrogen) atoms. The maximum atomic E-state index is 9.28. The molecule has 0 heterocycles. The van der Waals surface area contributed by atoms with Crippen LogP contribution in [0.15, 0.2) is 0 Å². The Morgan fingerprint density at radius 2 is 2.06 bits per heavy atom. The summed E-state index contributed by atoms with van der Waals surface area (Å²) in [5.41, 5.74) is -0.388. The molecule has 2 unspecified atom stereocenters. The van der Waals surface area contributed by atoms with Gasteiger partial charge in [0, 0.05) is 12.1 Å². The molecule has 2 atom stereocenters. The minimum atomic E-state index is -0.388. The fraction of sp³-hybridized carbons (Fsp3) is 0.929. The number of hydrogen-bond acceptors (Lipinski definition) is 3. The summed E-state index contributed by atoms with van der Waals surface area (Å²) in [7, 11) is 2.21. The third kappa shape index (κ3) is 3.97. The Hall–Kier alpha value is -0.590. The van der Waals surface area contributed by atoms with Crippen LogP contribution in [0.4, 0.5) is 0 Å². The topological polar surface area (TPSA) is 39.1 Å². The van der Waals surface area contributed by atoms with Gasteiger partial charge in [-0.25, -0.2) is 0 Å². The van der Waals surface area contributed by atoms with Gasteiger partial charge in [0.2, 0.25) is 0 Å². The van der Waals surface area contributed by atoms with Crippen molar-refractivity contribution in [2.45, 2.75) is 70.5 Å². The van der Waals surface area contributed by atoms with Crippen LogP contribution in [-0.2, 0) is 0 Å². The fourth-order valence-electron chi connectivity index (χ4n) is 2.95. The Morgan fingerprint density at radius 3 is 2.53 bits per heavy atom.